The highest BCUT2D eigenvalue weighted by Gasteiger charge is 2.35. The van der Waals surface area contributed by atoms with Gasteiger partial charge in [-0.05, 0) is 17.7 Å². The van der Waals surface area contributed by atoms with Crippen molar-refractivity contribution in [2.24, 2.45) is 0 Å². The Morgan fingerprint density at radius 2 is 2.05 bits per heavy atom. The second-order valence-corrected chi connectivity index (χ2v) is 5.65. The number of rotatable bonds is 3. The first-order valence-corrected chi connectivity index (χ1v) is 6.94. The van der Waals surface area contributed by atoms with Crippen molar-refractivity contribution in [2.45, 2.75) is 12.5 Å². The molecule has 1 aromatic rings. The van der Waals surface area contributed by atoms with Gasteiger partial charge < -0.3 is 0 Å². The lowest BCUT2D eigenvalue weighted by atomic mass is 9.98. The van der Waals surface area contributed by atoms with Crippen LogP contribution in [-0.4, -0.2) is 54.3 Å². The largest absolute Gasteiger partial charge is 0.299 e. The van der Waals surface area contributed by atoms with Crippen LogP contribution in [0.3, 0.4) is 0 Å². The summed E-state index contributed by atoms with van der Waals surface area (Å²) in [6.45, 7) is 4.85. The third-order valence-corrected chi connectivity index (χ3v) is 4.32. The minimum absolute atomic E-state index is 0.0266. The lowest BCUT2D eigenvalue weighted by molar-refractivity contribution is -0.128. The number of nitrogens with zero attached hydrogens (tertiary/aromatic N) is 2. The Hall–Kier alpha value is -0.970. The number of halogens is 2. The van der Waals surface area contributed by atoms with E-state index in [1.165, 1.54) is 12.1 Å². The standard InChI is InChI=1S/C14H16ClFN2O/c15-11-2-1-10(7-12(11)16)8-14(19)13-9-17-3-5-18(13)6-4-17/h1-2,7,13H,3-6,8-9H2. The van der Waals surface area contributed by atoms with Crippen LogP contribution in [0.4, 0.5) is 4.39 Å². The highest BCUT2D eigenvalue weighted by atomic mass is 35.5. The first-order valence-electron chi connectivity index (χ1n) is 6.56. The van der Waals surface area contributed by atoms with Crippen molar-refractivity contribution in [3.05, 3.63) is 34.6 Å². The highest BCUT2D eigenvalue weighted by molar-refractivity contribution is 6.30. The number of hydrogen-bond donors (Lipinski definition) is 0. The molecule has 1 atom stereocenters. The average Bonchev–Trinajstić information content (AvgIpc) is 2.44. The van der Waals surface area contributed by atoms with Crippen molar-refractivity contribution in [3.63, 3.8) is 0 Å². The summed E-state index contributed by atoms with van der Waals surface area (Å²) in [5.41, 5.74) is 0.699. The molecular weight excluding hydrogens is 267 g/mol. The summed E-state index contributed by atoms with van der Waals surface area (Å²) < 4.78 is 13.4. The Balaban J connectivity index is 1.69. The molecule has 0 spiro atoms. The van der Waals surface area contributed by atoms with E-state index in [4.69, 9.17) is 11.6 Å². The van der Waals surface area contributed by atoms with Crippen molar-refractivity contribution in [3.8, 4) is 0 Å². The Kier molecular flexibility index (Phi) is 3.56. The third kappa shape index (κ3) is 2.66. The van der Waals surface area contributed by atoms with E-state index in [1.54, 1.807) is 6.07 Å². The molecule has 102 valence electrons. The smallest absolute Gasteiger partial charge is 0.155 e. The van der Waals surface area contributed by atoms with Gasteiger partial charge in [0.15, 0.2) is 5.78 Å². The highest BCUT2D eigenvalue weighted by Crippen LogP contribution is 2.20. The molecule has 0 aliphatic carbocycles. The minimum Gasteiger partial charge on any atom is -0.299 e. The number of hydrogen-bond acceptors (Lipinski definition) is 3. The van der Waals surface area contributed by atoms with Crippen LogP contribution in [0.25, 0.3) is 0 Å². The van der Waals surface area contributed by atoms with Crippen LogP contribution < -0.4 is 0 Å². The molecule has 4 rings (SSSR count). The van der Waals surface area contributed by atoms with E-state index in [9.17, 15) is 9.18 Å². The van der Waals surface area contributed by atoms with Gasteiger partial charge in [0.2, 0.25) is 0 Å². The zero-order valence-corrected chi connectivity index (χ0v) is 11.4. The van der Waals surface area contributed by atoms with E-state index in [0.29, 0.717) is 5.56 Å². The van der Waals surface area contributed by atoms with Crippen LogP contribution in [0.1, 0.15) is 5.56 Å². The van der Waals surface area contributed by atoms with Gasteiger partial charge in [-0.3, -0.25) is 14.6 Å². The zero-order chi connectivity index (χ0) is 13.4. The van der Waals surface area contributed by atoms with Gasteiger partial charge in [0.25, 0.3) is 0 Å². The number of carbonyl (C=O) groups excluding carboxylic acids is 1. The lowest BCUT2D eigenvalue weighted by Crippen LogP contribution is -2.63. The Bertz CT molecular complexity index is 500. The Morgan fingerprint density at radius 1 is 1.32 bits per heavy atom. The second kappa shape index (κ2) is 5.19. The first-order chi connectivity index (χ1) is 9.13. The van der Waals surface area contributed by atoms with E-state index in [1.807, 2.05) is 0 Å². The van der Waals surface area contributed by atoms with Crippen LogP contribution in [0.5, 0.6) is 0 Å². The Morgan fingerprint density at radius 3 is 2.63 bits per heavy atom. The zero-order valence-electron chi connectivity index (χ0n) is 10.6. The van der Waals surface area contributed by atoms with Gasteiger partial charge in [0.1, 0.15) is 5.82 Å². The van der Waals surface area contributed by atoms with Crippen molar-refractivity contribution in [1.82, 2.24) is 9.80 Å². The summed E-state index contributed by atoms with van der Waals surface area (Å²) in [6.07, 6.45) is 0.281. The monoisotopic (exact) mass is 282 g/mol. The van der Waals surface area contributed by atoms with Gasteiger partial charge in [-0.25, -0.2) is 4.39 Å². The molecule has 2 bridgehead atoms. The van der Waals surface area contributed by atoms with Gasteiger partial charge in [0.05, 0.1) is 11.1 Å². The maximum atomic E-state index is 13.4. The number of Topliss-reactive ketones (excluding diaryl/α,β-unsaturated/α-hetero) is 1. The summed E-state index contributed by atoms with van der Waals surface area (Å²) >= 11 is 5.64. The maximum absolute atomic E-state index is 13.4. The third-order valence-electron chi connectivity index (χ3n) is 4.01. The average molecular weight is 283 g/mol. The van der Waals surface area contributed by atoms with Crippen LogP contribution >= 0.6 is 11.6 Å². The van der Waals surface area contributed by atoms with Crippen LogP contribution in [0.2, 0.25) is 5.02 Å². The summed E-state index contributed by atoms with van der Waals surface area (Å²) in [7, 11) is 0. The van der Waals surface area contributed by atoms with Gasteiger partial charge in [0, 0.05) is 39.1 Å². The second-order valence-electron chi connectivity index (χ2n) is 5.24. The number of carbonyl (C=O) groups is 1. The molecule has 3 fully saturated rings. The fraction of sp³-hybridized carbons (Fsp3) is 0.500. The minimum atomic E-state index is -0.457. The van der Waals surface area contributed by atoms with Crippen molar-refractivity contribution >= 4 is 17.4 Å². The molecule has 19 heavy (non-hydrogen) atoms. The molecule has 0 saturated carbocycles. The predicted octanol–water partition coefficient (Wildman–Crippen LogP) is 1.59. The first kappa shape index (κ1) is 13.0. The van der Waals surface area contributed by atoms with Crippen molar-refractivity contribution < 1.29 is 9.18 Å². The number of fused-ring (bicyclic) bond motifs is 3. The number of benzene rings is 1. The van der Waals surface area contributed by atoms with E-state index in [2.05, 4.69) is 9.80 Å². The van der Waals surface area contributed by atoms with E-state index in [-0.39, 0.29) is 23.3 Å². The fourth-order valence-corrected chi connectivity index (χ4v) is 3.01. The van der Waals surface area contributed by atoms with E-state index < -0.39 is 5.82 Å². The summed E-state index contributed by atoms with van der Waals surface area (Å²) in [5.74, 6) is -0.285. The van der Waals surface area contributed by atoms with Crippen LogP contribution in [0.15, 0.2) is 18.2 Å². The maximum Gasteiger partial charge on any atom is 0.155 e. The van der Waals surface area contributed by atoms with Gasteiger partial charge in [-0.1, -0.05) is 17.7 Å². The van der Waals surface area contributed by atoms with E-state index in [0.717, 1.165) is 32.7 Å². The summed E-state index contributed by atoms with van der Waals surface area (Å²) in [4.78, 5) is 16.9. The molecule has 3 aliphatic rings. The molecule has 3 aliphatic heterocycles. The fourth-order valence-electron chi connectivity index (χ4n) is 2.89. The van der Waals surface area contributed by atoms with Gasteiger partial charge in [-0.2, -0.15) is 0 Å². The quantitative estimate of drug-likeness (QED) is 0.841. The van der Waals surface area contributed by atoms with Gasteiger partial charge in [-0.15, -0.1) is 0 Å². The summed E-state index contributed by atoms with van der Waals surface area (Å²) in [5, 5.41) is 0.0998. The number of piperazine rings is 3. The molecule has 1 unspecified atom stereocenters. The predicted molar refractivity (Wildman–Crippen MR) is 71.9 cm³/mol. The molecular formula is C14H16ClFN2O. The van der Waals surface area contributed by atoms with Crippen molar-refractivity contribution in [1.29, 1.82) is 0 Å². The summed E-state index contributed by atoms with van der Waals surface area (Å²) in [6, 6.07) is 4.56. The van der Waals surface area contributed by atoms with Gasteiger partial charge >= 0.3 is 0 Å². The van der Waals surface area contributed by atoms with E-state index >= 15 is 0 Å². The lowest BCUT2D eigenvalue weighted by Gasteiger charge is -2.46. The topological polar surface area (TPSA) is 23.6 Å². The van der Waals surface area contributed by atoms with Crippen LogP contribution in [-0.2, 0) is 11.2 Å². The van der Waals surface area contributed by atoms with Crippen molar-refractivity contribution in [2.75, 3.05) is 32.7 Å². The molecule has 3 saturated heterocycles. The molecule has 3 heterocycles. The molecule has 0 aromatic heterocycles. The van der Waals surface area contributed by atoms with Crippen LogP contribution in [0, 0.1) is 5.82 Å². The molecule has 5 heteroatoms. The molecule has 3 nitrogen and oxygen atoms in total. The molecule has 0 radical (unpaired) electrons. The Labute approximate surface area is 116 Å². The molecule has 1 aromatic carbocycles. The SMILES string of the molecule is O=C(Cc1ccc(Cl)c(F)c1)C1CN2CCN1CC2. The normalized spacial score (nSPS) is 29.5. The molecule has 0 amide bonds. The number of ketones is 1. The molecule has 0 N–H and O–H groups in total.